The third-order valence-electron chi connectivity index (χ3n) is 5.17. The monoisotopic (exact) mass is 419 g/mol. The van der Waals surface area contributed by atoms with Crippen molar-refractivity contribution in [1.82, 2.24) is 4.90 Å². The molecule has 0 saturated carbocycles. The van der Waals surface area contributed by atoms with Gasteiger partial charge in [0.15, 0.2) is 0 Å². The standard InChI is InChI=1S/C17H14O4.C9H15N/c1-9-17-13-5-3-10(18)6-15(13)20-8-14(17)12-4-2-11(19)7-16(12)21-9;1-5-7-8-9(6-2)10(3)4/h2-7,9,18-19H,8H2,1H3;5-6,8H,1-2,7H2,3-4H3. The Kier molecular flexibility index (Phi) is 6.75. The van der Waals surface area contributed by atoms with Crippen LogP contribution in [-0.2, 0) is 0 Å². The number of ether oxygens (including phenoxy) is 2. The lowest BCUT2D eigenvalue weighted by Gasteiger charge is -2.33. The number of fused-ring (bicyclic) bond motifs is 4. The zero-order chi connectivity index (χ0) is 22.5. The maximum atomic E-state index is 9.60. The molecule has 5 heteroatoms. The fraction of sp³-hybridized carbons (Fsp3) is 0.231. The second kappa shape index (κ2) is 9.47. The average Bonchev–Trinajstić information content (AvgIpc) is 2.73. The van der Waals surface area contributed by atoms with Gasteiger partial charge in [-0.25, -0.2) is 0 Å². The molecule has 0 bridgehead atoms. The van der Waals surface area contributed by atoms with Crippen molar-refractivity contribution < 1.29 is 19.7 Å². The van der Waals surface area contributed by atoms with E-state index in [-0.39, 0.29) is 17.6 Å². The minimum Gasteiger partial charge on any atom is -0.508 e. The van der Waals surface area contributed by atoms with Gasteiger partial charge in [0.1, 0.15) is 35.7 Å². The summed E-state index contributed by atoms with van der Waals surface area (Å²) in [5.74, 6) is 1.72. The number of likely N-dealkylation sites (N-methyl/N-ethyl adjacent to an activating group) is 1. The molecular weight excluding hydrogens is 390 g/mol. The minimum absolute atomic E-state index is 0.138. The van der Waals surface area contributed by atoms with E-state index in [1.54, 1.807) is 24.3 Å². The predicted octanol–water partition coefficient (Wildman–Crippen LogP) is 5.38. The van der Waals surface area contributed by atoms with Crippen molar-refractivity contribution in [3.8, 4) is 23.0 Å². The third-order valence-corrected chi connectivity index (χ3v) is 5.17. The van der Waals surface area contributed by atoms with Gasteiger partial charge >= 0.3 is 0 Å². The Balaban J connectivity index is 0.000000233. The van der Waals surface area contributed by atoms with Crippen LogP contribution in [0.2, 0.25) is 0 Å². The van der Waals surface area contributed by atoms with Crippen LogP contribution in [0, 0.1) is 0 Å². The van der Waals surface area contributed by atoms with Crippen LogP contribution in [0.4, 0.5) is 0 Å². The average molecular weight is 420 g/mol. The van der Waals surface area contributed by atoms with E-state index < -0.39 is 0 Å². The highest BCUT2D eigenvalue weighted by molar-refractivity contribution is 5.99. The first-order valence-electron chi connectivity index (χ1n) is 10.2. The third kappa shape index (κ3) is 4.77. The zero-order valence-electron chi connectivity index (χ0n) is 18.3. The van der Waals surface area contributed by atoms with Gasteiger partial charge in [-0.3, -0.25) is 0 Å². The van der Waals surface area contributed by atoms with E-state index in [9.17, 15) is 10.2 Å². The van der Waals surface area contributed by atoms with E-state index in [4.69, 9.17) is 9.47 Å². The van der Waals surface area contributed by atoms with Gasteiger partial charge in [-0.2, -0.15) is 0 Å². The largest absolute Gasteiger partial charge is 0.508 e. The van der Waals surface area contributed by atoms with Crippen LogP contribution in [0.1, 0.15) is 24.5 Å². The topological polar surface area (TPSA) is 62.2 Å². The summed E-state index contributed by atoms with van der Waals surface area (Å²) in [4.78, 5) is 2.02. The molecule has 2 aliphatic rings. The molecule has 1 atom stereocenters. The SMILES string of the molecule is C=CCC=C(C=C)N(C)C.CC1Oc2cc(O)ccc2C2=C1c1ccc(O)cc1OC2. The van der Waals surface area contributed by atoms with Gasteiger partial charge in [0.2, 0.25) is 0 Å². The molecule has 1 unspecified atom stereocenters. The van der Waals surface area contributed by atoms with Gasteiger partial charge in [-0.05, 0) is 43.7 Å². The second-order valence-electron chi connectivity index (χ2n) is 7.55. The smallest absolute Gasteiger partial charge is 0.131 e. The molecule has 0 aliphatic carbocycles. The summed E-state index contributed by atoms with van der Waals surface area (Å²) in [6.07, 6.45) is 6.55. The van der Waals surface area contributed by atoms with Gasteiger partial charge in [0, 0.05) is 54.2 Å². The number of aromatic hydroxyl groups is 2. The van der Waals surface area contributed by atoms with Crippen LogP contribution in [0.5, 0.6) is 23.0 Å². The molecule has 162 valence electrons. The van der Waals surface area contributed by atoms with Crippen molar-refractivity contribution in [2.24, 2.45) is 0 Å². The highest BCUT2D eigenvalue weighted by atomic mass is 16.5. The van der Waals surface area contributed by atoms with Gasteiger partial charge < -0.3 is 24.6 Å². The maximum Gasteiger partial charge on any atom is 0.131 e. The molecule has 0 amide bonds. The summed E-state index contributed by atoms with van der Waals surface area (Å²) < 4.78 is 11.7. The van der Waals surface area contributed by atoms with Crippen LogP contribution in [-0.4, -0.2) is 41.9 Å². The lowest BCUT2D eigenvalue weighted by molar-refractivity contribution is 0.265. The van der Waals surface area contributed by atoms with Crippen molar-refractivity contribution in [2.45, 2.75) is 19.4 Å². The number of nitrogens with zero attached hydrogens (tertiary/aromatic N) is 1. The van der Waals surface area contributed by atoms with E-state index >= 15 is 0 Å². The van der Waals surface area contributed by atoms with E-state index in [1.165, 1.54) is 0 Å². The maximum absolute atomic E-state index is 9.60. The van der Waals surface area contributed by atoms with Gasteiger partial charge in [0.05, 0.1) is 0 Å². The van der Waals surface area contributed by atoms with Crippen molar-refractivity contribution in [1.29, 1.82) is 0 Å². The summed E-state index contributed by atoms with van der Waals surface area (Å²) >= 11 is 0. The number of phenols is 2. The number of benzene rings is 2. The predicted molar refractivity (Wildman–Crippen MR) is 125 cm³/mol. The Morgan fingerprint density at radius 1 is 1.06 bits per heavy atom. The van der Waals surface area contributed by atoms with Crippen LogP contribution in [0.15, 0.2) is 73.5 Å². The van der Waals surface area contributed by atoms with E-state index in [0.717, 1.165) is 34.4 Å². The molecule has 0 radical (unpaired) electrons. The van der Waals surface area contributed by atoms with E-state index in [1.807, 2.05) is 50.2 Å². The Hall–Kier alpha value is -3.60. The molecule has 5 nitrogen and oxygen atoms in total. The lowest BCUT2D eigenvalue weighted by Crippen LogP contribution is -2.25. The van der Waals surface area contributed by atoms with Crippen LogP contribution < -0.4 is 9.47 Å². The minimum atomic E-state index is -0.138. The number of hydrogen-bond acceptors (Lipinski definition) is 5. The Labute approximate surface area is 183 Å². The number of rotatable bonds is 4. The first-order chi connectivity index (χ1) is 14.8. The fourth-order valence-electron chi connectivity index (χ4n) is 3.69. The van der Waals surface area contributed by atoms with Crippen LogP contribution >= 0.6 is 0 Å². The zero-order valence-corrected chi connectivity index (χ0v) is 18.3. The summed E-state index contributed by atoms with van der Waals surface area (Å²) in [5.41, 5.74) is 5.18. The summed E-state index contributed by atoms with van der Waals surface area (Å²) in [5, 5.41) is 19.2. The fourth-order valence-corrected chi connectivity index (χ4v) is 3.69. The Morgan fingerprint density at radius 3 is 2.32 bits per heavy atom. The molecule has 31 heavy (non-hydrogen) atoms. The Bertz CT molecular complexity index is 1050. The molecule has 4 rings (SSSR count). The van der Waals surface area contributed by atoms with Gasteiger partial charge in [-0.1, -0.05) is 18.7 Å². The van der Waals surface area contributed by atoms with Crippen molar-refractivity contribution >= 4 is 11.1 Å². The van der Waals surface area contributed by atoms with Crippen molar-refractivity contribution in [2.75, 3.05) is 20.7 Å². The van der Waals surface area contributed by atoms with Crippen LogP contribution in [0.3, 0.4) is 0 Å². The van der Waals surface area contributed by atoms with E-state index in [2.05, 4.69) is 19.2 Å². The molecule has 0 aromatic heterocycles. The van der Waals surface area contributed by atoms with Crippen LogP contribution in [0.25, 0.3) is 11.1 Å². The Morgan fingerprint density at radius 2 is 1.71 bits per heavy atom. The summed E-state index contributed by atoms with van der Waals surface area (Å²) in [6.45, 7) is 9.72. The summed E-state index contributed by atoms with van der Waals surface area (Å²) in [7, 11) is 3.99. The summed E-state index contributed by atoms with van der Waals surface area (Å²) in [6, 6.07) is 10.2. The van der Waals surface area contributed by atoms with Crippen molar-refractivity contribution in [3.63, 3.8) is 0 Å². The molecule has 0 spiro atoms. The van der Waals surface area contributed by atoms with E-state index in [0.29, 0.717) is 18.1 Å². The number of hydrogen-bond donors (Lipinski definition) is 2. The first-order valence-corrected chi connectivity index (χ1v) is 10.2. The van der Waals surface area contributed by atoms with Crippen molar-refractivity contribution in [3.05, 3.63) is 84.6 Å². The molecular formula is C26H29NO4. The highest BCUT2D eigenvalue weighted by Gasteiger charge is 2.32. The normalized spacial score (nSPS) is 16.4. The molecule has 2 aliphatic heterocycles. The van der Waals surface area contributed by atoms with Gasteiger partial charge in [-0.15, -0.1) is 6.58 Å². The molecule has 2 aromatic rings. The molecule has 0 fully saturated rings. The van der Waals surface area contributed by atoms with Gasteiger partial charge in [0.25, 0.3) is 0 Å². The molecule has 2 heterocycles. The number of allylic oxidation sites excluding steroid dienone is 3. The number of phenolic OH excluding ortho intramolecular Hbond substituents is 2. The molecule has 2 aromatic carbocycles. The quantitative estimate of drug-likeness (QED) is 0.515. The molecule has 2 N–H and O–H groups in total. The molecule has 0 saturated heterocycles. The second-order valence-corrected chi connectivity index (χ2v) is 7.55. The lowest BCUT2D eigenvalue weighted by atomic mass is 9.87. The first kappa shape index (κ1) is 22.1. The highest BCUT2D eigenvalue weighted by Crippen LogP contribution is 2.46.